The van der Waals surface area contributed by atoms with Gasteiger partial charge in [-0.25, -0.2) is 9.97 Å². The van der Waals surface area contributed by atoms with Crippen molar-refractivity contribution < 1.29 is 5.11 Å². The van der Waals surface area contributed by atoms with E-state index >= 15 is 0 Å². The molecule has 2 N–H and O–H groups in total. The van der Waals surface area contributed by atoms with Crippen LogP contribution in [0.4, 0.5) is 5.95 Å². The molecule has 0 saturated carbocycles. The number of aromatic nitrogens is 2. The summed E-state index contributed by atoms with van der Waals surface area (Å²) in [5.74, 6) is 1.19. The minimum atomic E-state index is 0.326. The van der Waals surface area contributed by atoms with Gasteiger partial charge in [0.25, 0.3) is 0 Å². The average Bonchev–Trinajstić information content (AvgIpc) is 2.52. The monoisotopic (exact) mass is 278 g/mol. The molecule has 1 atom stereocenters. The van der Waals surface area contributed by atoms with Crippen molar-refractivity contribution in [2.45, 2.75) is 32.6 Å². The lowest BCUT2D eigenvalue weighted by molar-refractivity contribution is 0.120. The van der Waals surface area contributed by atoms with Crippen LogP contribution in [0.1, 0.15) is 31.7 Å². The van der Waals surface area contributed by atoms with Crippen LogP contribution in [-0.4, -0.2) is 52.8 Å². The Balaban J connectivity index is 1.63. The second kappa shape index (κ2) is 8.17. The molecule has 0 aromatic carbocycles. The number of aliphatic hydroxyl groups excluding tert-OH is 1. The molecule has 112 valence electrons. The van der Waals surface area contributed by atoms with Crippen LogP contribution >= 0.6 is 0 Å². The van der Waals surface area contributed by atoms with Crippen LogP contribution in [0.15, 0.2) is 12.4 Å². The molecule has 2 heterocycles. The third kappa shape index (κ3) is 4.72. The van der Waals surface area contributed by atoms with Gasteiger partial charge in [0.2, 0.25) is 5.95 Å². The molecular formula is C15H26N4O. The van der Waals surface area contributed by atoms with Crippen molar-refractivity contribution in [1.82, 2.24) is 14.9 Å². The highest BCUT2D eigenvalue weighted by Crippen LogP contribution is 2.15. The quantitative estimate of drug-likeness (QED) is 0.741. The Kier molecular flexibility index (Phi) is 6.21. The Morgan fingerprint density at radius 1 is 1.40 bits per heavy atom. The number of piperidine rings is 1. The maximum absolute atomic E-state index is 9.22. The van der Waals surface area contributed by atoms with Crippen LogP contribution in [-0.2, 0) is 6.42 Å². The molecule has 0 amide bonds. The molecule has 20 heavy (non-hydrogen) atoms. The molecule has 5 heteroatoms. The average molecular weight is 278 g/mol. The zero-order valence-electron chi connectivity index (χ0n) is 12.4. The van der Waals surface area contributed by atoms with Crippen molar-refractivity contribution >= 4 is 5.95 Å². The van der Waals surface area contributed by atoms with E-state index in [0.717, 1.165) is 39.0 Å². The first kappa shape index (κ1) is 15.2. The second-order valence-electron chi connectivity index (χ2n) is 5.54. The smallest absolute Gasteiger partial charge is 0.222 e. The van der Waals surface area contributed by atoms with E-state index in [1.165, 1.54) is 18.4 Å². The fourth-order valence-corrected chi connectivity index (χ4v) is 2.63. The number of nitrogens with one attached hydrogen (secondary N) is 1. The predicted octanol–water partition coefficient (Wildman–Crippen LogP) is 1.55. The number of hydrogen-bond acceptors (Lipinski definition) is 5. The molecule has 1 aromatic rings. The lowest BCUT2D eigenvalue weighted by Crippen LogP contribution is -2.37. The Bertz CT molecular complexity index is 382. The van der Waals surface area contributed by atoms with E-state index in [1.807, 2.05) is 12.4 Å². The van der Waals surface area contributed by atoms with E-state index in [1.54, 1.807) is 0 Å². The highest BCUT2D eigenvalue weighted by atomic mass is 16.3. The van der Waals surface area contributed by atoms with Gasteiger partial charge >= 0.3 is 0 Å². The zero-order chi connectivity index (χ0) is 14.2. The van der Waals surface area contributed by atoms with Crippen molar-refractivity contribution in [2.75, 3.05) is 38.1 Å². The zero-order valence-corrected chi connectivity index (χ0v) is 12.4. The summed E-state index contributed by atoms with van der Waals surface area (Å²) in [6, 6.07) is 0. The number of aryl methyl sites for hydroxylation is 1. The molecule has 1 aliphatic heterocycles. The molecule has 2 rings (SSSR count). The molecule has 0 aliphatic carbocycles. The first-order chi connectivity index (χ1) is 9.81. The summed E-state index contributed by atoms with van der Waals surface area (Å²) in [6.45, 7) is 6.61. The summed E-state index contributed by atoms with van der Waals surface area (Å²) < 4.78 is 0. The molecule has 0 unspecified atom stereocenters. The summed E-state index contributed by atoms with van der Waals surface area (Å²) >= 11 is 0. The SMILES string of the molecule is CCc1cnc(NCCCN2CCC[C@@H](CO)C2)nc1. The maximum atomic E-state index is 9.22. The summed E-state index contributed by atoms with van der Waals surface area (Å²) in [5, 5.41) is 12.5. The van der Waals surface area contributed by atoms with E-state index in [9.17, 15) is 5.11 Å². The van der Waals surface area contributed by atoms with Gasteiger partial charge in [0.15, 0.2) is 0 Å². The van der Waals surface area contributed by atoms with E-state index in [-0.39, 0.29) is 0 Å². The van der Waals surface area contributed by atoms with Crippen LogP contribution in [0.2, 0.25) is 0 Å². The second-order valence-corrected chi connectivity index (χ2v) is 5.54. The van der Waals surface area contributed by atoms with Crippen LogP contribution in [0.25, 0.3) is 0 Å². The van der Waals surface area contributed by atoms with Crippen molar-refractivity contribution in [2.24, 2.45) is 5.92 Å². The van der Waals surface area contributed by atoms with Gasteiger partial charge in [-0.2, -0.15) is 0 Å². The van der Waals surface area contributed by atoms with Crippen molar-refractivity contribution in [3.8, 4) is 0 Å². The molecule has 0 spiro atoms. The highest BCUT2D eigenvalue weighted by Gasteiger charge is 2.18. The Morgan fingerprint density at radius 3 is 2.90 bits per heavy atom. The van der Waals surface area contributed by atoms with Crippen LogP contribution in [0, 0.1) is 5.92 Å². The maximum Gasteiger partial charge on any atom is 0.222 e. The summed E-state index contributed by atoms with van der Waals surface area (Å²) in [5.41, 5.74) is 1.17. The number of aliphatic hydroxyl groups is 1. The lowest BCUT2D eigenvalue weighted by Gasteiger charge is -2.31. The first-order valence-corrected chi connectivity index (χ1v) is 7.69. The molecule has 1 aromatic heterocycles. The Hall–Kier alpha value is -1.20. The van der Waals surface area contributed by atoms with Gasteiger partial charge in [0.1, 0.15) is 0 Å². The van der Waals surface area contributed by atoms with E-state index < -0.39 is 0 Å². The third-order valence-corrected chi connectivity index (χ3v) is 3.91. The standard InChI is InChI=1S/C15H26N4O/c1-2-13-9-17-15(18-10-13)16-6-4-8-19-7-3-5-14(11-19)12-20/h9-10,14,20H,2-8,11-12H2,1H3,(H,16,17,18)/t14-/m1/s1. The van der Waals surface area contributed by atoms with Crippen molar-refractivity contribution in [3.05, 3.63) is 18.0 Å². The van der Waals surface area contributed by atoms with Crippen molar-refractivity contribution in [1.29, 1.82) is 0 Å². The Labute approximate surface area is 121 Å². The minimum Gasteiger partial charge on any atom is -0.396 e. The summed E-state index contributed by atoms with van der Waals surface area (Å²) in [4.78, 5) is 11.0. The molecule has 0 bridgehead atoms. The van der Waals surface area contributed by atoms with Gasteiger partial charge in [-0.05, 0) is 50.3 Å². The van der Waals surface area contributed by atoms with Crippen LogP contribution < -0.4 is 5.32 Å². The normalized spacial score (nSPS) is 20.0. The summed E-state index contributed by atoms with van der Waals surface area (Å²) in [7, 11) is 0. The predicted molar refractivity (Wildman–Crippen MR) is 80.8 cm³/mol. The molecule has 1 aliphatic rings. The summed E-state index contributed by atoms with van der Waals surface area (Å²) in [6.07, 6.45) is 8.19. The van der Waals surface area contributed by atoms with E-state index in [2.05, 4.69) is 27.1 Å². The fourth-order valence-electron chi connectivity index (χ4n) is 2.63. The molecule has 1 saturated heterocycles. The van der Waals surface area contributed by atoms with E-state index in [0.29, 0.717) is 18.5 Å². The van der Waals surface area contributed by atoms with Gasteiger partial charge < -0.3 is 15.3 Å². The first-order valence-electron chi connectivity index (χ1n) is 7.69. The largest absolute Gasteiger partial charge is 0.396 e. The number of hydrogen-bond donors (Lipinski definition) is 2. The fraction of sp³-hybridized carbons (Fsp3) is 0.733. The molecule has 1 fully saturated rings. The lowest BCUT2D eigenvalue weighted by atomic mass is 9.99. The van der Waals surface area contributed by atoms with Gasteiger partial charge in [-0.15, -0.1) is 0 Å². The van der Waals surface area contributed by atoms with Crippen molar-refractivity contribution in [3.63, 3.8) is 0 Å². The van der Waals surface area contributed by atoms with Crippen LogP contribution in [0.5, 0.6) is 0 Å². The van der Waals surface area contributed by atoms with E-state index in [4.69, 9.17) is 0 Å². The van der Waals surface area contributed by atoms with Crippen LogP contribution in [0.3, 0.4) is 0 Å². The molecule has 0 radical (unpaired) electrons. The third-order valence-electron chi connectivity index (χ3n) is 3.91. The number of rotatable bonds is 7. The molecular weight excluding hydrogens is 252 g/mol. The minimum absolute atomic E-state index is 0.326. The number of anilines is 1. The van der Waals surface area contributed by atoms with Gasteiger partial charge in [0.05, 0.1) is 0 Å². The number of likely N-dealkylation sites (tertiary alicyclic amines) is 1. The number of nitrogens with zero attached hydrogens (tertiary/aromatic N) is 3. The van der Waals surface area contributed by atoms with Gasteiger partial charge in [0, 0.05) is 32.1 Å². The van der Waals surface area contributed by atoms with Gasteiger partial charge in [-0.1, -0.05) is 6.92 Å². The molecule has 5 nitrogen and oxygen atoms in total. The van der Waals surface area contributed by atoms with Gasteiger partial charge in [-0.3, -0.25) is 0 Å². The highest BCUT2D eigenvalue weighted by molar-refractivity contribution is 5.24. The Morgan fingerprint density at radius 2 is 2.20 bits per heavy atom. The topological polar surface area (TPSA) is 61.3 Å².